The first-order valence-electron chi connectivity index (χ1n) is 24.2. The van der Waals surface area contributed by atoms with Gasteiger partial charge in [-0.1, -0.05) is 204 Å². The van der Waals surface area contributed by atoms with Gasteiger partial charge in [0.05, 0.1) is 0 Å². The lowest BCUT2D eigenvalue weighted by atomic mass is 10.1. The molecule has 6 nitrogen and oxygen atoms in total. The van der Waals surface area contributed by atoms with Crippen LogP contribution in [0.3, 0.4) is 0 Å². The van der Waals surface area contributed by atoms with Gasteiger partial charge in [-0.25, -0.2) is 0 Å². The average molecular weight is 877 g/mol. The second kappa shape index (κ2) is 50.4. The maximum absolute atomic E-state index is 12.8. The molecule has 0 aliphatic carbocycles. The lowest BCUT2D eigenvalue weighted by Crippen LogP contribution is -2.30. The van der Waals surface area contributed by atoms with Crippen LogP contribution in [0.15, 0.2) is 170 Å². The fourth-order valence-corrected chi connectivity index (χ4v) is 5.57. The zero-order chi connectivity index (χ0) is 46.5. The third-order valence-corrected chi connectivity index (χ3v) is 9.09. The van der Waals surface area contributed by atoms with Gasteiger partial charge in [0.2, 0.25) is 0 Å². The fraction of sp³-hybridized carbons (Fsp3) is 0.466. The van der Waals surface area contributed by atoms with Crippen molar-refractivity contribution in [3.05, 3.63) is 170 Å². The molecular weight excluding hydrogens is 793 g/mol. The lowest BCUT2D eigenvalue weighted by molar-refractivity contribution is -0.166. The number of rotatable bonds is 40. The van der Waals surface area contributed by atoms with Gasteiger partial charge in [0.25, 0.3) is 0 Å². The van der Waals surface area contributed by atoms with E-state index in [0.29, 0.717) is 19.3 Å². The van der Waals surface area contributed by atoms with Crippen LogP contribution >= 0.6 is 0 Å². The van der Waals surface area contributed by atoms with Crippen molar-refractivity contribution >= 4 is 17.9 Å². The van der Waals surface area contributed by atoms with E-state index in [9.17, 15) is 14.4 Å². The SMILES string of the molecule is CC/C=C/C=C/C=C/C=C/C=C/CCCC(=O)OCC(COC(=O)CC/C=C/C/C=C/C/C=C/C/C=C/C/C=C/C/C=C/CC)OC(=O)CCCCCC/C=C/C/C=C/C/C=C/CC. The molecule has 0 heterocycles. The molecule has 1 atom stereocenters. The molecule has 0 amide bonds. The summed E-state index contributed by atoms with van der Waals surface area (Å²) < 4.78 is 16.6. The normalized spacial score (nSPS) is 13.6. The topological polar surface area (TPSA) is 78.9 Å². The van der Waals surface area contributed by atoms with Crippen molar-refractivity contribution in [3.8, 4) is 0 Å². The van der Waals surface area contributed by atoms with Crippen LogP contribution in [0, 0.1) is 0 Å². The number of unbranched alkanes of at least 4 members (excludes halogenated alkanes) is 5. The summed E-state index contributed by atoms with van der Waals surface area (Å²) in [5.74, 6) is -1.15. The van der Waals surface area contributed by atoms with E-state index in [2.05, 4.69) is 124 Å². The second-order valence-corrected chi connectivity index (χ2v) is 15.0. The van der Waals surface area contributed by atoms with Crippen LogP contribution in [0.1, 0.15) is 156 Å². The minimum absolute atomic E-state index is 0.157. The predicted octanol–water partition coefficient (Wildman–Crippen LogP) is 16.0. The highest BCUT2D eigenvalue weighted by Gasteiger charge is 2.19. The van der Waals surface area contributed by atoms with Crippen molar-refractivity contribution < 1.29 is 28.6 Å². The third kappa shape index (κ3) is 47.8. The van der Waals surface area contributed by atoms with Crippen molar-refractivity contribution in [1.82, 2.24) is 0 Å². The first-order valence-corrected chi connectivity index (χ1v) is 24.2. The molecule has 0 aromatic carbocycles. The molecule has 0 aromatic heterocycles. The maximum atomic E-state index is 12.8. The number of hydrogen-bond donors (Lipinski definition) is 0. The minimum Gasteiger partial charge on any atom is -0.462 e. The van der Waals surface area contributed by atoms with E-state index >= 15 is 0 Å². The van der Waals surface area contributed by atoms with Gasteiger partial charge in [-0.15, -0.1) is 0 Å². The summed E-state index contributed by atoms with van der Waals surface area (Å²) in [4.78, 5) is 37.8. The zero-order valence-electron chi connectivity index (χ0n) is 40.0. The van der Waals surface area contributed by atoms with Gasteiger partial charge in [0.15, 0.2) is 6.10 Å². The molecule has 0 rings (SSSR count). The Morgan fingerprint density at radius 2 is 0.688 bits per heavy atom. The summed E-state index contributed by atoms with van der Waals surface area (Å²) in [7, 11) is 0. The Morgan fingerprint density at radius 1 is 0.328 bits per heavy atom. The van der Waals surface area contributed by atoms with Gasteiger partial charge in [-0.2, -0.15) is 0 Å². The van der Waals surface area contributed by atoms with Gasteiger partial charge in [-0.05, 0) is 103 Å². The Hall–Kier alpha value is -5.23. The number of carbonyl (C=O) groups is 3. The first-order chi connectivity index (χ1) is 31.5. The lowest BCUT2D eigenvalue weighted by Gasteiger charge is -2.18. The van der Waals surface area contributed by atoms with E-state index in [1.165, 1.54) is 0 Å². The molecule has 0 radical (unpaired) electrons. The highest BCUT2D eigenvalue weighted by molar-refractivity contribution is 5.71. The largest absolute Gasteiger partial charge is 0.462 e. The fourth-order valence-electron chi connectivity index (χ4n) is 5.57. The maximum Gasteiger partial charge on any atom is 0.306 e. The highest BCUT2D eigenvalue weighted by Crippen LogP contribution is 2.10. The molecule has 0 aliphatic rings. The Labute approximate surface area is 390 Å². The summed E-state index contributed by atoms with van der Waals surface area (Å²) in [6.45, 7) is 6.07. The average Bonchev–Trinajstić information content (AvgIpc) is 3.29. The van der Waals surface area contributed by atoms with Crippen LogP contribution < -0.4 is 0 Å². The van der Waals surface area contributed by atoms with Crippen LogP contribution in [-0.4, -0.2) is 37.2 Å². The van der Waals surface area contributed by atoms with E-state index < -0.39 is 12.1 Å². The van der Waals surface area contributed by atoms with E-state index in [-0.39, 0.29) is 44.4 Å². The summed E-state index contributed by atoms with van der Waals surface area (Å²) >= 11 is 0. The van der Waals surface area contributed by atoms with E-state index in [1.807, 2.05) is 66.8 Å². The van der Waals surface area contributed by atoms with Crippen LogP contribution in [0.5, 0.6) is 0 Å². The molecule has 0 fully saturated rings. The molecule has 64 heavy (non-hydrogen) atoms. The molecule has 0 saturated heterocycles. The number of hydrogen-bond acceptors (Lipinski definition) is 6. The summed E-state index contributed by atoms with van der Waals surface area (Å²) in [6, 6.07) is 0. The summed E-state index contributed by atoms with van der Waals surface area (Å²) in [5, 5.41) is 0. The molecule has 6 heteroatoms. The zero-order valence-corrected chi connectivity index (χ0v) is 40.0. The Balaban J connectivity index is 4.67. The monoisotopic (exact) mass is 877 g/mol. The van der Waals surface area contributed by atoms with Gasteiger partial charge in [-0.3, -0.25) is 14.4 Å². The summed E-state index contributed by atoms with van der Waals surface area (Å²) in [5.41, 5.74) is 0. The molecule has 352 valence electrons. The van der Waals surface area contributed by atoms with Crippen LogP contribution in [-0.2, 0) is 28.6 Å². The van der Waals surface area contributed by atoms with Crippen molar-refractivity contribution in [3.63, 3.8) is 0 Å². The molecular formula is C58H84O6. The van der Waals surface area contributed by atoms with E-state index in [4.69, 9.17) is 14.2 Å². The van der Waals surface area contributed by atoms with Gasteiger partial charge in [0.1, 0.15) is 13.2 Å². The number of ether oxygens (including phenoxy) is 3. The number of esters is 3. The second-order valence-electron chi connectivity index (χ2n) is 15.0. The number of allylic oxidation sites excluding steroid dienone is 28. The molecule has 0 spiro atoms. The van der Waals surface area contributed by atoms with E-state index in [1.54, 1.807) is 0 Å². The third-order valence-electron chi connectivity index (χ3n) is 9.09. The van der Waals surface area contributed by atoms with Gasteiger partial charge < -0.3 is 14.2 Å². The smallest absolute Gasteiger partial charge is 0.306 e. The molecule has 0 aliphatic heterocycles. The van der Waals surface area contributed by atoms with Crippen LogP contribution in [0.25, 0.3) is 0 Å². The quantitative estimate of drug-likeness (QED) is 0.0201. The first kappa shape index (κ1) is 58.8. The van der Waals surface area contributed by atoms with Crippen molar-refractivity contribution in [2.45, 2.75) is 162 Å². The highest BCUT2D eigenvalue weighted by atomic mass is 16.6. The van der Waals surface area contributed by atoms with Crippen molar-refractivity contribution in [1.29, 1.82) is 0 Å². The Bertz CT molecular complexity index is 1570. The molecule has 0 bridgehead atoms. The molecule has 0 N–H and O–H groups in total. The Morgan fingerprint density at radius 3 is 1.17 bits per heavy atom. The van der Waals surface area contributed by atoms with Gasteiger partial charge in [0, 0.05) is 19.3 Å². The van der Waals surface area contributed by atoms with E-state index in [0.717, 1.165) is 96.3 Å². The standard InChI is InChI=1S/C58H84O6/c1-4-7-10-13-16-19-22-25-27-28-29-30-31-34-36-39-42-45-48-51-57(60)63-54-55(53-62-56(59)50-47-44-41-38-35-32-24-21-18-15-12-9-6-3)64-58(61)52-49-46-43-40-37-33-26-23-20-17-14-11-8-5-2/h7-12,15-21,24-27,29-30,32-36,38,41-42,45,55H,4-6,13-14,22-23,28,31,37,39-40,43-44,46-54H2,1-3H3/b10-7+,11-8+,12-9+,18-15+,19-16+,20-17+,24-21+,27-25+,30-29+,33-26+,35-32+,36-34+,41-38+,45-42+. The molecule has 0 aromatic rings. The van der Waals surface area contributed by atoms with Crippen LogP contribution in [0.2, 0.25) is 0 Å². The molecule has 0 saturated carbocycles. The number of carbonyl (C=O) groups excluding carboxylic acids is 3. The van der Waals surface area contributed by atoms with Crippen molar-refractivity contribution in [2.75, 3.05) is 13.2 Å². The Kier molecular flexibility index (Phi) is 46.3. The van der Waals surface area contributed by atoms with Gasteiger partial charge >= 0.3 is 17.9 Å². The predicted molar refractivity (Wildman–Crippen MR) is 274 cm³/mol. The summed E-state index contributed by atoms with van der Waals surface area (Å²) in [6.07, 6.45) is 75.0. The molecule has 1 unspecified atom stereocenters. The van der Waals surface area contributed by atoms with Crippen molar-refractivity contribution in [2.24, 2.45) is 0 Å². The minimum atomic E-state index is -0.858. The van der Waals surface area contributed by atoms with Crippen LogP contribution in [0.4, 0.5) is 0 Å².